The highest BCUT2D eigenvalue weighted by Gasteiger charge is 2.42. The van der Waals surface area contributed by atoms with Crippen LogP contribution in [0.15, 0.2) is 0 Å². The third kappa shape index (κ3) is 2.77. The highest BCUT2D eigenvalue weighted by molar-refractivity contribution is 5.81. The van der Waals surface area contributed by atoms with E-state index in [0.29, 0.717) is 25.0 Å². The first-order valence-corrected chi connectivity index (χ1v) is 6.32. The highest BCUT2D eigenvalue weighted by Crippen LogP contribution is 2.33. The fourth-order valence-corrected chi connectivity index (χ4v) is 2.76. The number of carbonyl (C=O) groups excluding carboxylic acids is 2. The van der Waals surface area contributed by atoms with E-state index in [2.05, 4.69) is 10.6 Å². The first-order chi connectivity index (χ1) is 8.08. The number of hydrogen-bond acceptors (Lipinski definition) is 3. The molecule has 2 heterocycles. The zero-order valence-corrected chi connectivity index (χ0v) is 10.5. The number of rotatable bonds is 4. The molecule has 2 N–H and O–H groups in total. The number of carbonyl (C=O) groups is 2. The molecule has 3 unspecified atom stereocenters. The van der Waals surface area contributed by atoms with E-state index in [9.17, 15) is 9.59 Å². The van der Waals surface area contributed by atoms with E-state index in [1.807, 2.05) is 0 Å². The Morgan fingerprint density at radius 3 is 2.65 bits per heavy atom. The summed E-state index contributed by atoms with van der Waals surface area (Å²) in [5, 5.41) is 6.31. The molecule has 2 aliphatic rings. The minimum absolute atomic E-state index is 0.0522. The Morgan fingerprint density at radius 1 is 1.35 bits per heavy atom. The molecule has 0 aromatic heterocycles. The first kappa shape index (κ1) is 12.4. The summed E-state index contributed by atoms with van der Waals surface area (Å²) < 4.78 is 0. The van der Waals surface area contributed by atoms with Crippen molar-refractivity contribution in [3.05, 3.63) is 0 Å². The van der Waals surface area contributed by atoms with Crippen molar-refractivity contribution in [3.8, 4) is 0 Å². The highest BCUT2D eigenvalue weighted by atomic mass is 16.2. The van der Waals surface area contributed by atoms with Crippen LogP contribution in [0, 0.1) is 5.92 Å². The fraction of sp³-hybridized carbons (Fsp3) is 0.833. The van der Waals surface area contributed by atoms with Gasteiger partial charge < -0.3 is 15.5 Å². The van der Waals surface area contributed by atoms with E-state index in [-0.39, 0.29) is 17.7 Å². The van der Waals surface area contributed by atoms with E-state index < -0.39 is 0 Å². The second kappa shape index (κ2) is 5.04. The van der Waals surface area contributed by atoms with Crippen LogP contribution in [0.25, 0.3) is 0 Å². The SMILES string of the molecule is CN(C)C(=O)CCNC(=O)C1CC2CCC1N2. The molecule has 2 bridgehead atoms. The number of nitrogens with one attached hydrogen (secondary N) is 2. The Kier molecular flexibility index (Phi) is 3.66. The fourth-order valence-electron chi connectivity index (χ4n) is 2.76. The van der Waals surface area contributed by atoms with Gasteiger partial charge in [-0.05, 0) is 19.3 Å². The molecular formula is C12H21N3O2. The third-order valence-electron chi connectivity index (χ3n) is 3.77. The minimum atomic E-state index is 0.0522. The maximum Gasteiger partial charge on any atom is 0.224 e. The molecule has 96 valence electrons. The maximum absolute atomic E-state index is 11.9. The van der Waals surface area contributed by atoms with Crippen LogP contribution < -0.4 is 10.6 Å². The molecule has 2 aliphatic heterocycles. The average Bonchev–Trinajstić information content (AvgIpc) is 2.90. The summed E-state index contributed by atoms with van der Waals surface area (Å²) >= 11 is 0. The summed E-state index contributed by atoms with van der Waals surface area (Å²) in [6.45, 7) is 0.448. The Balaban J connectivity index is 1.70. The number of amides is 2. The van der Waals surface area contributed by atoms with Gasteiger partial charge in [-0.25, -0.2) is 0 Å². The second-order valence-corrected chi connectivity index (χ2v) is 5.22. The molecule has 0 radical (unpaired) electrons. The van der Waals surface area contributed by atoms with Gasteiger partial charge in [0.1, 0.15) is 0 Å². The van der Waals surface area contributed by atoms with Crippen LogP contribution in [0.5, 0.6) is 0 Å². The molecule has 0 spiro atoms. The standard InChI is InChI=1S/C12H21N3O2/c1-15(2)11(16)5-6-13-12(17)9-7-8-3-4-10(9)14-8/h8-10,14H,3-7H2,1-2H3,(H,13,17). The van der Waals surface area contributed by atoms with Crippen molar-refractivity contribution in [2.24, 2.45) is 5.92 Å². The maximum atomic E-state index is 11.9. The average molecular weight is 239 g/mol. The molecule has 2 amide bonds. The van der Waals surface area contributed by atoms with Gasteiger partial charge in [-0.15, -0.1) is 0 Å². The molecule has 0 aromatic rings. The van der Waals surface area contributed by atoms with Gasteiger partial charge in [0.15, 0.2) is 0 Å². The van der Waals surface area contributed by atoms with Gasteiger partial charge in [0, 0.05) is 39.1 Å². The molecule has 17 heavy (non-hydrogen) atoms. The summed E-state index contributed by atoms with van der Waals surface area (Å²) in [4.78, 5) is 24.8. The summed E-state index contributed by atoms with van der Waals surface area (Å²) in [5.41, 5.74) is 0. The van der Waals surface area contributed by atoms with Gasteiger partial charge in [0.05, 0.1) is 5.92 Å². The predicted molar refractivity (Wildman–Crippen MR) is 64.4 cm³/mol. The Hall–Kier alpha value is -1.10. The van der Waals surface area contributed by atoms with Crippen molar-refractivity contribution in [2.45, 2.75) is 37.8 Å². The van der Waals surface area contributed by atoms with Crippen LogP contribution >= 0.6 is 0 Å². The Labute approximate surface area is 102 Å². The van der Waals surface area contributed by atoms with Crippen molar-refractivity contribution in [2.75, 3.05) is 20.6 Å². The second-order valence-electron chi connectivity index (χ2n) is 5.22. The molecule has 3 atom stereocenters. The van der Waals surface area contributed by atoms with E-state index in [1.165, 1.54) is 6.42 Å². The Morgan fingerprint density at radius 2 is 2.12 bits per heavy atom. The first-order valence-electron chi connectivity index (χ1n) is 6.32. The quantitative estimate of drug-likeness (QED) is 0.709. The lowest BCUT2D eigenvalue weighted by molar-refractivity contribution is -0.129. The Bertz CT molecular complexity index is 317. The largest absolute Gasteiger partial charge is 0.355 e. The van der Waals surface area contributed by atoms with Crippen LogP contribution in [0.3, 0.4) is 0 Å². The van der Waals surface area contributed by atoms with Gasteiger partial charge in [-0.1, -0.05) is 0 Å². The molecule has 5 heteroatoms. The van der Waals surface area contributed by atoms with E-state index in [4.69, 9.17) is 0 Å². The summed E-state index contributed by atoms with van der Waals surface area (Å²) in [7, 11) is 3.45. The van der Waals surface area contributed by atoms with Gasteiger partial charge in [-0.3, -0.25) is 9.59 Å². The molecule has 2 rings (SSSR count). The summed E-state index contributed by atoms with van der Waals surface area (Å²) in [6.07, 6.45) is 3.65. The van der Waals surface area contributed by atoms with E-state index in [0.717, 1.165) is 12.8 Å². The molecule has 0 aliphatic carbocycles. The third-order valence-corrected chi connectivity index (χ3v) is 3.77. The van der Waals surface area contributed by atoms with Gasteiger partial charge in [-0.2, -0.15) is 0 Å². The van der Waals surface area contributed by atoms with Crippen LogP contribution in [-0.2, 0) is 9.59 Å². The normalized spacial score (nSPS) is 30.4. The van der Waals surface area contributed by atoms with Gasteiger partial charge >= 0.3 is 0 Å². The summed E-state index contributed by atoms with van der Waals surface area (Å²) in [5.74, 6) is 0.274. The predicted octanol–water partition coefficient (Wildman–Crippen LogP) is -0.279. The molecule has 5 nitrogen and oxygen atoms in total. The molecule has 0 aromatic carbocycles. The van der Waals surface area contributed by atoms with Gasteiger partial charge in [0.2, 0.25) is 11.8 Å². The van der Waals surface area contributed by atoms with Crippen molar-refractivity contribution < 1.29 is 9.59 Å². The lowest BCUT2D eigenvalue weighted by Crippen LogP contribution is -2.39. The van der Waals surface area contributed by atoms with Crippen molar-refractivity contribution in [3.63, 3.8) is 0 Å². The van der Waals surface area contributed by atoms with Crippen molar-refractivity contribution >= 4 is 11.8 Å². The minimum Gasteiger partial charge on any atom is -0.355 e. The lowest BCUT2D eigenvalue weighted by Gasteiger charge is -2.19. The lowest BCUT2D eigenvalue weighted by atomic mass is 9.88. The summed E-state index contributed by atoms with van der Waals surface area (Å²) in [6, 6.07) is 0.906. The van der Waals surface area contributed by atoms with E-state index in [1.54, 1.807) is 19.0 Å². The number of fused-ring (bicyclic) bond motifs is 2. The van der Waals surface area contributed by atoms with Crippen molar-refractivity contribution in [1.82, 2.24) is 15.5 Å². The van der Waals surface area contributed by atoms with Gasteiger partial charge in [0.25, 0.3) is 0 Å². The zero-order chi connectivity index (χ0) is 12.4. The smallest absolute Gasteiger partial charge is 0.224 e. The van der Waals surface area contributed by atoms with Crippen LogP contribution in [0.4, 0.5) is 0 Å². The van der Waals surface area contributed by atoms with E-state index >= 15 is 0 Å². The zero-order valence-electron chi connectivity index (χ0n) is 10.5. The topological polar surface area (TPSA) is 61.4 Å². The van der Waals surface area contributed by atoms with Crippen molar-refractivity contribution in [1.29, 1.82) is 0 Å². The molecule has 2 saturated heterocycles. The van der Waals surface area contributed by atoms with Crippen LogP contribution in [-0.4, -0.2) is 49.4 Å². The molecule has 2 fully saturated rings. The monoisotopic (exact) mass is 239 g/mol. The molecular weight excluding hydrogens is 218 g/mol. The molecule has 0 saturated carbocycles. The van der Waals surface area contributed by atoms with Crippen LogP contribution in [0.2, 0.25) is 0 Å². The number of nitrogens with zero attached hydrogens (tertiary/aromatic N) is 1. The van der Waals surface area contributed by atoms with Crippen LogP contribution in [0.1, 0.15) is 25.7 Å². The number of hydrogen-bond donors (Lipinski definition) is 2.